The van der Waals surface area contributed by atoms with Gasteiger partial charge in [0.15, 0.2) is 11.6 Å². The number of hydrogen-bond donors (Lipinski definition) is 2. The third-order valence-electron chi connectivity index (χ3n) is 4.46. The molecule has 2 N–H and O–H groups in total. The molecule has 0 aromatic heterocycles. The SMILES string of the molecule is O=C(CNC1CC1c1cc(F)cc(F)c1OCc1ccccc1)NCC(F)(F)F. The molecule has 1 aliphatic carbocycles. The minimum Gasteiger partial charge on any atom is -0.486 e. The van der Waals surface area contributed by atoms with E-state index in [0.717, 1.165) is 11.6 Å². The van der Waals surface area contributed by atoms with E-state index in [1.165, 1.54) is 6.07 Å². The predicted molar refractivity (Wildman–Crippen MR) is 95.3 cm³/mol. The number of amides is 1. The Labute approximate surface area is 164 Å². The number of carbonyl (C=O) groups excluding carboxylic acids is 1. The van der Waals surface area contributed by atoms with Crippen molar-refractivity contribution < 1.29 is 31.5 Å². The number of alkyl halides is 3. The van der Waals surface area contributed by atoms with Gasteiger partial charge in [-0.1, -0.05) is 30.3 Å². The molecular formula is C20H19F5N2O2. The maximum absolute atomic E-state index is 14.3. The van der Waals surface area contributed by atoms with Crippen molar-refractivity contribution in [1.82, 2.24) is 10.6 Å². The summed E-state index contributed by atoms with van der Waals surface area (Å²) < 4.78 is 69.9. The van der Waals surface area contributed by atoms with Gasteiger partial charge in [-0.05, 0) is 18.1 Å². The van der Waals surface area contributed by atoms with Gasteiger partial charge in [0.2, 0.25) is 5.91 Å². The highest BCUT2D eigenvalue weighted by Gasteiger charge is 2.41. The summed E-state index contributed by atoms with van der Waals surface area (Å²) in [6.45, 7) is -1.63. The molecular weight excluding hydrogens is 395 g/mol. The summed E-state index contributed by atoms with van der Waals surface area (Å²) in [5.74, 6) is -2.76. The average molecular weight is 414 g/mol. The van der Waals surface area contributed by atoms with E-state index in [1.54, 1.807) is 5.32 Å². The minimum absolute atomic E-state index is 0.0638. The molecule has 2 atom stereocenters. The van der Waals surface area contributed by atoms with Crippen molar-refractivity contribution in [2.75, 3.05) is 13.1 Å². The summed E-state index contributed by atoms with van der Waals surface area (Å²) >= 11 is 0. The Hall–Kier alpha value is -2.68. The molecule has 0 radical (unpaired) electrons. The van der Waals surface area contributed by atoms with Crippen molar-refractivity contribution in [2.45, 2.75) is 31.2 Å². The second-order valence-corrected chi connectivity index (χ2v) is 6.80. The highest BCUT2D eigenvalue weighted by molar-refractivity contribution is 5.78. The van der Waals surface area contributed by atoms with E-state index in [9.17, 15) is 26.7 Å². The molecule has 2 unspecified atom stereocenters. The van der Waals surface area contributed by atoms with Crippen LogP contribution in [0.5, 0.6) is 5.75 Å². The van der Waals surface area contributed by atoms with Gasteiger partial charge >= 0.3 is 6.18 Å². The first-order chi connectivity index (χ1) is 13.7. The zero-order valence-corrected chi connectivity index (χ0v) is 15.2. The molecule has 2 aromatic carbocycles. The van der Waals surface area contributed by atoms with Crippen molar-refractivity contribution >= 4 is 5.91 Å². The molecule has 0 heterocycles. The summed E-state index contributed by atoms with van der Waals surface area (Å²) in [7, 11) is 0. The average Bonchev–Trinajstić information content (AvgIpc) is 3.43. The number of halogens is 5. The minimum atomic E-state index is -4.48. The second-order valence-electron chi connectivity index (χ2n) is 6.80. The van der Waals surface area contributed by atoms with E-state index in [4.69, 9.17) is 4.74 Å². The Morgan fingerprint density at radius 2 is 1.86 bits per heavy atom. The predicted octanol–water partition coefficient (Wildman–Crippen LogP) is 3.67. The lowest BCUT2D eigenvalue weighted by atomic mass is 10.1. The number of carbonyl (C=O) groups is 1. The van der Waals surface area contributed by atoms with E-state index in [-0.39, 0.29) is 30.9 Å². The molecule has 9 heteroatoms. The van der Waals surface area contributed by atoms with E-state index >= 15 is 0 Å². The number of nitrogens with one attached hydrogen (secondary N) is 2. The van der Waals surface area contributed by atoms with E-state index in [0.29, 0.717) is 12.0 Å². The summed E-state index contributed by atoms with van der Waals surface area (Å²) in [5, 5.41) is 4.56. The number of ether oxygens (including phenoxy) is 1. The molecule has 1 amide bonds. The zero-order valence-electron chi connectivity index (χ0n) is 15.2. The molecule has 0 saturated heterocycles. The number of benzene rings is 2. The zero-order chi connectivity index (χ0) is 21.0. The van der Waals surface area contributed by atoms with Crippen LogP contribution in [0.25, 0.3) is 0 Å². The van der Waals surface area contributed by atoms with Gasteiger partial charge in [0, 0.05) is 23.6 Å². The van der Waals surface area contributed by atoms with Crippen LogP contribution in [0.4, 0.5) is 22.0 Å². The fourth-order valence-electron chi connectivity index (χ4n) is 2.99. The van der Waals surface area contributed by atoms with Crippen LogP contribution in [0.3, 0.4) is 0 Å². The smallest absolute Gasteiger partial charge is 0.405 e. The van der Waals surface area contributed by atoms with Gasteiger partial charge in [-0.15, -0.1) is 0 Å². The Morgan fingerprint density at radius 3 is 2.55 bits per heavy atom. The molecule has 0 spiro atoms. The van der Waals surface area contributed by atoms with Gasteiger partial charge in [-0.3, -0.25) is 4.79 Å². The van der Waals surface area contributed by atoms with Gasteiger partial charge < -0.3 is 15.4 Å². The lowest BCUT2D eigenvalue weighted by Gasteiger charge is -2.13. The lowest BCUT2D eigenvalue weighted by Crippen LogP contribution is -2.40. The summed E-state index contributed by atoms with van der Waals surface area (Å²) in [6, 6.07) is 10.7. The maximum atomic E-state index is 14.3. The van der Waals surface area contributed by atoms with Crippen LogP contribution in [0.2, 0.25) is 0 Å². The van der Waals surface area contributed by atoms with Crippen molar-refractivity contribution in [2.24, 2.45) is 0 Å². The van der Waals surface area contributed by atoms with Gasteiger partial charge in [0.25, 0.3) is 0 Å². The number of rotatable bonds is 8. The topological polar surface area (TPSA) is 50.4 Å². The normalized spacial score (nSPS) is 18.4. The Bertz CT molecular complexity index is 858. The van der Waals surface area contributed by atoms with E-state index < -0.39 is 30.3 Å². The molecule has 2 aromatic rings. The van der Waals surface area contributed by atoms with Gasteiger partial charge in [0.1, 0.15) is 19.0 Å². The quantitative estimate of drug-likeness (QED) is 0.649. The first-order valence-electron chi connectivity index (χ1n) is 8.95. The first-order valence-corrected chi connectivity index (χ1v) is 8.95. The largest absolute Gasteiger partial charge is 0.486 e. The summed E-state index contributed by atoms with van der Waals surface area (Å²) in [6.07, 6.45) is -4.00. The standard InChI is InChI=1S/C20H19F5N2O2/c21-13-6-15(14-8-17(14)26-9-18(28)27-11-20(23,24)25)19(16(22)7-13)29-10-12-4-2-1-3-5-12/h1-7,14,17,26H,8-11H2,(H,27,28). The van der Waals surface area contributed by atoms with Crippen molar-refractivity contribution in [1.29, 1.82) is 0 Å². The Balaban J connectivity index is 1.60. The molecule has 0 aliphatic heterocycles. The Kier molecular flexibility index (Phi) is 6.36. The van der Waals surface area contributed by atoms with Crippen molar-refractivity contribution in [3.8, 4) is 5.75 Å². The van der Waals surface area contributed by atoms with E-state index in [2.05, 4.69) is 5.32 Å². The van der Waals surface area contributed by atoms with Crippen LogP contribution in [0.15, 0.2) is 42.5 Å². The third-order valence-corrected chi connectivity index (χ3v) is 4.46. The molecule has 3 rings (SSSR count). The van der Waals surface area contributed by atoms with Crippen LogP contribution >= 0.6 is 0 Å². The molecule has 1 aliphatic rings. The first kappa shape index (κ1) is 21.0. The van der Waals surface area contributed by atoms with Crippen LogP contribution in [-0.2, 0) is 11.4 Å². The fraction of sp³-hybridized carbons (Fsp3) is 0.350. The number of hydrogen-bond acceptors (Lipinski definition) is 3. The maximum Gasteiger partial charge on any atom is 0.405 e. The van der Waals surface area contributed by atoms with Crippen LogP contribution in [0, 0.1) is 11.6 Å². The third kappa shape index (κ3) is 6.15. The molecule has 4 nitrogen and oxygen atoms in total. The Morgan fingerprint density at radius 1 is 1.14 bits per heavy atom. The molecule has 29 heavy (non-hydrogen) atoms. The van der Waals surface area contributed by atoms with Crippen LogP contribution < -0.4 is 15.4 Å². The molecule has 1 fully saturated rings. The van der Waals surface area contributed by atoms with Crippen molar-refractivity contribution in [3.63, 3.8) is 0 Å². The highest BCUT2D eigenvalue weighted by atomic mass is 19.4. The lowest BCUT2D eigenvalue weighted by molar-refractivity contribution is -0.137. The molecule has 0 bridgehead atoms. The monoisotopic (exact) mass is 414 g/mol. The fourth-order valence-corrected chi connectivity index (χ4v) is 2.99. The van der Waals surface area contributed by atoms with E-state index in [1.807, 2.05) is 30.3 Å². The summed E-state index contributed by atoms with van der Waals surface area (Å²) in [4.78, 5) is 11.5. The van der Waals surface area contributed by atoms with Crippen LogP contribution in [0.1, 0.15) is 23.5 Å². The second kappa shape index (κ2) is 8.77. The van der Waals surface area contributed by atoms with Gasteiger partial charge in [-0.25, -0.2) is 8.78 Å². The molecule has 1 saturated carbocycles. The van der Waals surface area contributed by atoms with Gasteiger partial charge in [0.05, 0.1) is 6.54 Å². The van der Waals surface area contributed by atoms with Crippen LogP contribution in [-0.4, -0.2) is 31.2 Å². The highest BCUT2D eigenvalue weighted by Crippen LogP contribution is 2.46. The van der Waals surface area contributed by atoms with Crippen molar-refractivity contribution in [3.05, 3.63) is 65.2 Å². The van der Waals surface area contributed by atoms with Gasteiger partial charge in [-0.2, -0.15) is 13.2 Å². The summed E-state index contributed by atoms with van der Waals surface area (Å²) in [5.41, 5.74) is 1.14. The molecule has 156 valence electrons.